The lowest BCUT2D eigenvalue weighted by atomic mass is 9.94. The fourth-order valence-electron chi connectivity index (χ4n) is 2.97. The molecule has 78 valence electrons. The van der Waals surface area contributed by atoms with Crippen LogP contribution in [-0.4, -0.2) is 21.0 Å². The van der Waals surface area contributed by atoms with Crippen molar-refractivity contribution in [2.24, 2.45) is 0 Å². The summed E-state index contributed by atoms with van der Waals surface area (Å²) in [5.74, 6) is 0.560. The minimum absolute atomic E-state index is 0.240. The summed E-state index contributed by atoms with van der Waals surface area (Å²) in [5.41, 5.74) is 2.17. The van der Waals surface area contributed by atoms with Crippen LogP contribution < -0.4 is 0 Å². The van der Waals surface area contributed by atoms with Crippen LogP contribution in [0.15, 0.2) is 0 Å². The van der Waals surface area contributed by atoms with Crippen molar-refractivity contribution < 1.29 is 9.90 Å². The molecule has 1 aromatic rings. The quantitative estimate of drug-likeness (QED) is 0.758. The predicted molar refractivity (Wildman–Crippen MR) is 53.1 cm³/mol. The maximum atomic E-state index is 11.1. The minimum Gasteiger partial charge on any atom is -0.476 e. The molecule has 0 saturated heterocycles. The third-order valence-corrected chi connectivity index (χ3v) is 3.52. The predicted octanol–water partition coefficient (Wildman–Crippen LogP) is 1.85. The summed E-state index contributed by atoms with van der Waals surface area (Å²) in [6.45, 7) is 1.76. The Morgan fingerprint density at radius 2 is 2.07 bits per heavy atom. The van der Waals surface area contributed by atoms with E-state index in [1.807, 2.05) is 0 Å². The Hall–Kier alpha value is -1.45. The summed E-state index contributed by atoms with van der Waals surface area (Å²) < 4.78 is 0. The Kier molecular flexibility index (Phi) is 1.63. The highest BCUT2D eigenvalue weighted by molar-refractivity contribution is 5.88. The molecule has 0 spiro atoms. The maximum absolute atomic E-state index is 11.1. The van der Waals surface area contributed by atoms with Crippen LogP contribution in [0.4, 0.5) is 0 Å². The van der Waals surface area contributed by atoms with Crippen molar-refractivity contribution in [3.05, 3.63) is 22.8 Å². The van der Waals surface area contributed by atoms with Gasteiger partial charge in [0.2, 0.25) is 0 Å². The van der Waals surface area contributed by atoms with Crippen LogP contribution in [0.5, 0.6) is 0 Å². The van der Waals surface area contributed by atoms with E-state index in [0.29, 0.717) is 17.7 Å². The van der Waals surface area contributed by atoms with E-state index >= 15 is 0 Å². The van der Waals surface area contributed by atoms with Gasteiger partial charge in [0.15, 0.2) is 5.69 Å². The number of carboxylic acids is 1. The van der Waals surface area contributed by atoms with E-state index in [-0.39, 0.29) is 5.69 Å². The number of fused-ring (bicyclic) bond motifs is 5. The Morgan fingerprint density at radius 1 is 1.33 bits per heavy atom. The van der Waals surface area contributed by atoms with Gasteiger partial charge in [0.05, 0.1) is 5.69 Å². The Bertz CT molecular complexity index is 456. The molecule has 4 heteroatoms. The topological polar surface area (TPSA) is 63.1 Å². The van der Waals surface area contributed by atoms with Gasteiger partial charge in [-0.25, -0.2) is 14.8 Å². The van der Waals surface area contributed by atoms with E-state index < -0.39 is 5.97 Å². The molecule has 1 saturated carbocycles. The molecule has 4 nitrogen and oxygen atoms in total. The molecule has 0 aliphatic heterocycles. The molecule has 3 rings (SSSR count). The molecule has 2 bridgehead atoms. The van der Waals surface area contributed by atoms with E-state index in [0.717, 1.165) is 30.5 Å². The highest BCUT2D eigenvalue weighted by Crippen LogP contribution is 2.52. The van der Waals surface area contributed by atoms with E-state index in [1.54, 1.807) is 6.92 Å². The van der Waals surface area contributed by atoms with E-state index in [4.69, 9.17) is 5.11 Å². The van der Waals surface area contributed by atoms with Gasteiger partial charge in [-0.1, -0.05) is 0 Å². The van der Waals surface area contributed by atoms with Crippen LogP contribution in [-0.2, 0) is 0 Å². The molecule has 1 fully saturated rings. The molecule has 2 unspecified atom stereocenters. The number of carboxylic acid groups (broad SMARTS) is 1. The Balaban J connectivity index is 2.26. The molecule has 0 radical (unpaired) electrons. The normalized spacial score (nSPS) is 26.7. The number of aromatic nitrogens is 2. The smallest absolute Gasteiger partial charge is 0.354 e. The van der Waals surface area contributed by atoms with Crippen molar-refractivity contribution in [2.75, 3.05) is 0 Å². The van der Waals surface area contributed by atoms with Crippen molar-refractivity contribution in [1.82, 2.24) is 9.97 Å². The fraction of sp³-hybridized carbons (Fsp3) is 0.545. The van der Waals surface area contributed by atoms with Gasteiger partial charge in [-0.2, -0.15) is 0 Å². The van der Waals surface area contributed by atoms with Crippen LogP contribution in [0.1, 0.15) is 58.7 Å². The molecule has 1 aromatic heterocycles. The SMILES string of the molecule is Cc1nc(C(=O)O)c2c(n1)C1CCC2C1. The van der Waals surface area contributed by atoms with E-state index in [9.17, 15) is 4.79 Å². The molecular formula is C11H12N2O2. The van der Waals surface area contributed by atoms with Gasteiger partial charge < -0.3 is 5.11 Å². The summed E-state index contributed by atoms with van der Waals surface area (Å²) in [4.78, 5) is 19.6. The summed E-state index contributed by atoms with van der Waals surface area (Å²) >= 11 is 0. The van der Waals surface area contributed by atoms with E-state index in [2.05, 4.69) is 9.97 Å². The number of aryl methyl sites for hydroxylation is 1. The third-order valence-electron chi connectivity index (χ3n) is 3.52. The first-order valence-electron chi connectivity index (χ1n) is 5.28. The molecule has 2 aliphatic carbocycles. The first-order chi connectivity index (χ1) is 7.16. The van der Waals surface area contributed by atoms with Crippen LogP contribution in [0, 0.1) is 6.92 Å². The average Bonchev–Trinajstić information content (AvgIpc) is 2.76. The lowest BCUT2D eigenvalue weighted by Crippen LogP contribution is -2.13. The number of hydrogen-bond donors (Lipinski definition) is 1. The lowest BCUT2D eigenvalue weighted by Gasteiger charge is -2.15. The van der Waals surface area contributed by atoms with Crippen molar-refractivity contribution in [3.63, 3.8) is 0 Å². The zero-order valence-electron chi connectivity index (χ0n) is 8.53. The van der Waals surface area contributed by atoms with Crippen LogP contribution in [0.2, 0.25) is 0 Å². The highest BCUT2D eigenvalue weighted by Gasteiger charge is 2.41. The molecular weight excluding hydrogens is 192 g/mol. The minimum atomic E-state index is -0.913. The van der Waals surface area contributed by atoms with Crippen molar-refractivity contribution in [2.45, 2.75) is 38.0 Å². The van der Waals surface area contributed by atoms with Gasteiger partial charge in [-0.15, -0.1) is 0 Å². The van der Waals surface area contributed by atoms with Gasteiger partial charge in [-0.3, -0.25) is 0 Å². The van der Waals surface area contributed by atoms with Gasteiger partial charge >= 0.3 is 5.97 Å². The number of nitrogens with zero attached hydrogens (tertiary/aromatic N) is 2. The van der Waals surface area contributed by atoms with Crippen LogP contribution in [0.25, 0.3) is 0 Å². The van der Waals surface area contributed by atoms with Crippen LogP contribution >= 0.6 is 0 Å². The number of rotatable bonds is 1. The monoisotopic (exact) mass is 204 g/mol. The standard InChI is InChI=1S/C11H12N2O2/c1-5-12-9-7-3-2-6(4-7)8(9)10(13-5)11(14)15/h6-7H,2-4H2,1H3,(H,14,15). The molecule has 2 aliphatic rings. The average molecular weight is 204 g/mol. The maximum Gasteiger partial charge on any atom is 0.354 e. The molecule has 2 atom stereocenters. The summed E-state index contributed by atoms with van der Waals surface area (Å²) in [6.07, 6.45) is 3.34. The molecule has 0 amide bonds. The Morgan fingerprint density at radius 3 is 2.80 bits per heavy atom. The summed E-state index contributed by atoms with van der Waals surface area (Å²) in [5, 5.41) is 9.11. The number of carbonyl (C=O) groups is 1. The molecule has 15 heavy (non-hydrogen) atoms. The zero-order chi connectivity index (χ0) is 10.6. The van der Waals surface area contributed by atoms with Crippen molar-refractivity contribution >= 4 is 5.97 Å². The third kappa shape index (κ3) is 1.11. The zero-order valence-corrected chi connectivity index (χ0v) is 8.53. The summed E-state index contributed by atoms with van der Waals surface area (Å²) in [7, 11) is 0. The van der Waals surface area contributed by atoms with Crippen molar-refractivity contribution in [1.29, 1.82) is 0 Å². The second kappa shape index (κ2) is 2.78. The highest BCUT2D eigenvalue weighted by atomic mass is 16.4. The molecule has 0 aromatic carbocycles. The molecule has 1 heterocycles. The first kappa shape index (κ1) is 8.83. The van der Waals surface area contributed by atoms with Crippen molar-refractivity contribution in [3.8, 4) is 0 Å². The van der Waals surface area contributed by atoms with Gasteiger partial charge in [0.1, 0.15) is 5.82 Å². The molecule has 1 N–H and O–H groups in total. The summed E-state index contributed by atoms with van der Waals surface area (Å²) in [6, 6.07) is 0. The number of hydrogen-bond acceptors (Lipinski definition) is 3. The van der Waals surface area contributed by atoms with Gasteiger partial charge in [-0.05, 0) is 32.1 Å². The van der Waals surface area contributed by atoms with Gasteiger partial charge in [0.25, 0.3) is 0 Å². The van der Waals surface area contributed by atoms with Gasteiger partial charge in [0, 0.05) is 11.5 Å². The van der Waals surface area contributed by atoms with E-state index in [1.165, 1.54) is 0 Å². The first-order valence-corrected chi connectivity index (χ1v) is 5.28. The Labute approximate surface area is 87.4 Å². The lowest BCUT2D eigenvalue weighted by molar-refractivity contribution is 0.0688. The second-order valence-electron chi connectivity index (χ2n) is 4.43. The number of aromatic carboxylic acids is 1. The second-order valence-corrected chi connectivity index (χ2v) is 4.43. The fourth-order valence-corrected chi connectivity index (χ4v) is 2.97. The largest absolute Gasteiger partial charge is 0.476 e. The van der Waals surface area contributed by atoms with Crippen LogP contribution in [0.3, 0.4) is 0 Å².